The van der Waals surface area contributed by atoms with Crippen LogP contribution in [0, 0.1) is 6.92 Å². The van der Waals surface area contributed by atoms with Crippen molar-refractivity contribution in [3.63, 3.8) is 0 Å². The average Bonchev–Trinajstić information content (AvgIpc) is 2.73. The molecule has 3 nitrogen and oxygen atoms in total. The fraction of sp³-hybridized carbons (Fsp3) is 0.308. The Morgan fingerprint density at radius 3 is 2.94 bits per heavy atom. The lowest BCUT2D eigenvalue weighted by Crippen LogP contribution is -2.00. The summed E-state index contributed by atoms with van der Waals surface area (Å²) in [6, 6.07) is 5.76. The van der Waals surface area contributed by atoms with Gasteiger partial charge < -0.3 is 10.5 Å². The van der Waals surface area contributed by atoms with Crippen molar-refractivity contribution < 1.29 is 4.74 Å². The summed E-state index contributed by atoms with van der Waals surface area (Å²) in [7, 11) is 0. The Labute approximate surface area is 119 Å². The van der Waals surface area contributed by atoms with E-state index in [9.17, 15) is 0 Å². The van der Waals surface area contributed by atoms with Crippen LogP contribution >= 0.6 is 27.3 Å². The van der Waals surface area contributed by atoms with Crippen molar-refractivity contribution in [3.8, 4) is 0 Å². The van der Waals surface area contributed by atoms with Crippen molar-refractivity contribution in [2.45, 2.75) is 20.0 Å². The molecule has 1 aromatic heterocycles. The lowest BCUT2D eigenvalue weighted by atomic mass is 10.2. The van der Waals surface area contributed by atoms with Gasteiger partial charge in [0.1, 0.15) is 0 Å². The third-order valence-corrected chi connectivity index (χ3v) is 4.39. The Balaban J connectivity index is 1.80. The summed E-state index contributed by atoms with van der Waals surface area (Å²) in [5, 5.41) is 0. The number of nitrogen functional groups attached to an aromatic ring is 1. The number of benzene rings is 1. The predicted molar refractivity (Wildman–Crippen MR) is 78.8 cm³/mol. The van der Waals surface area contributed by atoms with E-state index >= 15 is 0 Å². The van der Waals surface area contributed by atoms with Crippen LogP contribution in [0.1, 0.15) is 16.1 Å². The molecule has 0 aliphatic heterocycles. The molecule has 0 spiro atoms. The summed E-state index contributed by atoms with van der Waals surface area (Å²) in [5.74, 6) is 0. The number of rotatable bonds is 5. The topological polar surface area (TPSA) is 48.1 Å². The van der Waals surface area contributed by atoms with E-state index in [1.54, 1.807) is 11.3 Å². The highest BCUT2D eigenvalue weighted by atomic mass is 79.9. The zero-order valence-corrected chi connectivity index (χ0v) is 12.6. The van der Waals surface area contributed by atoms with Gasteiger partial charge in [-0.25, -0.2) is 4.98 Å². The SMILES string of the molecule is Cc1ncsc1CCOCc1ccc(N)cc1Br. The second kappa shape index (κ2) is 6.31. The summed E-state index contributed by atoms with van der Waals surface area (Å²) in [6.45, 7) is 3.33. The molecule has 0 fully saturated rings. The van der Waals surface area contributed by atoms with Crippen LogP contribution in [0.15, 0.2) is 28.2 Å². The van der Waals surface area contributed by atoms with Gasteiger partial charge in [-0.2, -0.15) is 0 Å². The molecular formula is C13H15BrN2OS. The molecule has 0 bridgehead atoms. The van der Waals surface area contributed by atoms with Gasteiger partial charge in [0, 0.05) is 21.5 Å². The maximum Gasteiger partial charge on any atom is 0.0797 e. The van der Waals surface area contributed by atoms with Crippen LogP contribution in [0.25, 0.3) is 0 Å². The summed E-state index contributed by atoms with van der Waals surface area (Å²) < 4.78 is 6.67. The first-order valence-electron chi connectivity index (χ1n) is 5.67. The van der Waals surface area contributed by atoms with Crippen molar-refractivity contribution in [1.29, 1.82) is 0 Å². The van der Waals surface area contributed by atoms with Gasteiger partial charge in [0.05, 0.1) is 24.4 Å². The largest absolute Gasteiger partial charge is 0.399 e. The van der Waals surface area contributed by atoms with Gasteiger partial charge in [0.2, 0.25) is 0 Å². The number of halogens is 1. The third kappa shape index (κ3) is 3.54. The van der Waals surface area contributed by atoms with Crippen molar-refractivity contribution >= 4 is 33.0 Å². The highest BCUT2D eigenvalue weighted by molar-refractivity contribution is 9.10. The van der Waals surface area contributed by atoms with Crippen molar-refractivity contribution in [3.05, 3.63) is 44.3 Å². The van der Waals surface area contributed by atoms with E-state index in [1.165, 1.54) is 4.88 Å². The lowest BCUT2D eigenvalue weighted by molar-refractivity contribution is 0.124. The number of thiazole rings is 1. The van der Waals surface area contributed by atoms with E-state index < -0.39 is 0 Å². The van der Waals surface area contributed by atoms with E-state index in [0.717, 1.165) is 27.8 Å². The van der Waals surface area contributed by atoms with Gasteiger partial charge in [-0.05, 0) is 24.6 Å². The molecule has 96 valence electrons. The van der Waals surface area contributed by atoms with Gasteiger partial charge in [0.25, 0.3) is 0 Å². The first kappa shape index (κ1) is 13.5. The summed E-state index contributed by atoms with van der Waals surface area (Å²) in [5.41, 5.74) is 10.5. The zero-order valence-electron chi connectivity index (χ0n) is 10.1. The molecule has 0 saturated heterocycles. The van der Waals surface area contributed by atoms with Gasteiger partial charge in [-0.3, -0.25) is 0 Å². The van der Waals surface area contributed by atoms with E-state index in [4.69, 9.17) is 10.5 Å². The molecular weight excluding hydrogens is 312 g/mol. The summed E-state index contributed by atoms with van der Waals surface area (Å²) in [6.07, 6.45) is 0.920. The molecule has 0 atom stereocenters. The molecule has 18 heavy (non-hydrogen) atoms. The molecule has 0 saturated carbocycles. The lowest BCUT2D eigenvalue weighted by Gasteiger charge is -2.06. The molecule has 0 aliphatic rings. The van der Waals surface area contributed by atoms with Crippen LogP contribution in [0.4, 0.5) is 5.69 Å². The number of hydrogen-bond acceptors (Lipinski definition) is 4. The number of hydrogen-bond donors (Lipinski definition) is 1. The molecule has 2 N–H and O–H groups in total. The number of nitrogens with two attached hydrogens (primary N) is 1. The second-order valence-electron chi connectivity index (χ2n) is 4.01. The summed E-state index contributed by atoms with van der Waals surface area (Å²) in [4.78, 5) is 5.52. The minimum Gasteiger partial charge on any atom is -0.399 e. The first-order valence-corrected chi connectivity index (χ1v) is 7.34. The van der Waals surface area contributed by atoms with Crippen molar-refractivity contribution in [1.82, 2.24) is 4.98 Å². The van der Waals surface area contributed by atoms with Crippen LogP contribution in [-0.2, 0) is 17.8 Å². The number of nitrogens with zero attached hydrogens (tertiary/aromatic N) is 1. The first-order chi connectivity index (χ1) is 8.66. The Morgan fingerprint density at radius 2 is 2.28 bits per heavy atom. The molecule has 0 radical (unpaired) electrons. The minimum atomic E-state index is 0.596. The van der Waals surface area contributed by atoms with Crippen molar-refractivity contribution in [2.75, 3.05) is 12.3 Å². The molecule has 5 heteroatoms. The van der Waals surface area contributed by atoms with E-state index in [-0.39, 0.29) is 0 Å². The van der Waals surface area contributed by atoms with Crippen molar-refractivity contribution in [2.24, 2.45) is 0 Å². The molecule has 0 amide bonds. The third-order valence-electron chi connectivity index (χ3n) is 2.65. The van der Waals surface area contributed by atoms with Crippen LogP contribution in [0.3, 0.4) is 0 Å². The Hall–Kier alpha value is -0.910. The Bertz CT molecular complexity index is 527. The molecule has 2 aromatic rings. The van der Waals surface area contributed by atoms with Gasteiger partial charge in [0.15, 0.2) is 0 Å². The number of anilines is 1. The highest BCUT2D eigenvalue weighted by Crippen LogP contribution is 2.20. The molecule has 0 aliphatic carbocycles. The maximum atomic E-state index is 5.69. The standard InChI is InChI=1S/C13H15BrN2OS/c1-9-13(18-8-16-9)4-5-17-7-10-2-3-11(15)6-12(10)14/h2-3,6,8H,4-5,7,15H2,1H3. The highest BCUT2D eigenvalue weighted by Gasteiger charge is 2.03. The van der Waals surface area contributed by atoms with E-state index in [1.807, 2.05) is 30.6 Å². The van der Waals surface area contributed by atoms with Gasteiger partial charge >= 0.3 is 0 Å². The van der Waals surface area contributed by atoms with Crippen LogP contribution < -0.4 is 5.73 Å². The molecule has 1 aromatic carbocycles. The second-order valence-corrected chi connectivity index (χ2v) is 5.81. The monoisotopic (exact) mass is 326 g/mol. The zero-order chi connectivity index (χ0) is 13.0. The number of aromatic nitrogens is 1. The Kier molecular flexibility index (Phi) is 4.74. The fourth-order valence-electron chi connectivity index (χ4n) is 1.59. The number of aryl methyl sites for hydroxylation is 1. The van der Waals surface area contributed by atoms with E-state index in [0.29, 0.717) is 13.2 Å². The molecule has 1 heterocycles. The number of ether oxygens (including phenoxy) is 1. The van der Waals surface area contributed by atoms with E-state index in [2.05, 4.69) is 20.9 Å². The normalized spacial score (nSPS) is 10.8. The maximum absolute atomic E-state index is 5.69. The van der Waals surface area contributed by atoms with Crippen LogP contribution in [-0.4, -0.2) is 11.6 Å². The Morgan fingerprint density at radius 1 is 1.44 bits per heavy atom. The van der Waals surface area contributed by atoms with Crippen LogP contribution in [0.5, 0.6) is 0 Å². The quantitative estimate of drug-likeness (QED) is 0.675. The smallest absolute Gasteiger partial charge is 0.0797 e. The molecule has 0 unspecified atom stereocenters. The van der Waals surface area contributed by atoms with Gasteiger partial charge in [-0.1, -0.05) is 22.0 Å². The predicted octanol–water partition coefficient (Wildman–Crippen LogP) is 3.56. The molecule has 2 rings (SSSR count). The summed E-state index contributed by atoms with van der Waals surface area (Å²) >= 11 is 5.17. The fourth-order valence-corrected chi connectivity index (χ4v) is 2.87. The average molecular weight is 327 g/mol. The minimum absolute atomic E-state index is 0.596. The van der Waals surface area contributed by atoms with Crippen LogP contribution in [0.2, 0.25) is 0 Å². The van der Waals surface area contributed by atoms with Gasteiger partial charge in [-0.15, -0.1) is 11.3 Å².